The van der Waals surface area contributed by atoms with Gasteiger partial charge in [0.1, 0.15) is 23.4 Å². The Bertz CT molecular complexity index is 692. The Kier molecular flexibility index (Phi) is 4.43. The van der Waals surface area contributed by atoms with Crippen molar-refractivity contribution >= 4 is 11.7 Å². The highest BCUT2D eigenvalue weighted by atomic mass is 19.1. The summed E-state index contributed by atoms with van der Waals surface area (Å²) in [4.78, 5) is 16.6. The van der Waals surface area contributed by atoms with Crippen LogP contribution in [0.3, 0.4) is 0 Å². The normalized spacial score (nSPS) is 15.4. The first-order chi connectivity index (χ1) is 11.0. The number of carbonyl (C=O) groups is 1. The van der Waals surface area contributed by atoms with Crippen molar-refractivity contribution in [2.45, 2.75) is 25.9 Å². The van der Waals surface area contributed by atoms with Crippen LogP contribution in [0.5, 0.6) is 0 Å². The molecule has 1 fully saturated rings. The van der Waals surface area contributed by atoms with E-state index in [1.54, 1.807) is 37.0 Å². The quantitative estimate of drug-likeness (QED) is 0.891. The van der Waals surface area contributed by atoms with Gasteiger partial charge in [0.2, 0.25) is 0 Å². The first kappa shape index (κ1) is 15.7. The fourth-order valence-corrected chi connectivity index (χ4v) is 2.26. The van der Waals surface area contributed by atoms with Gasteiger partial charge >= 0.3 is 0 Å². The molecule has 0 bridgehead atoms. The third-order valence-corrected chi connectivity index (χ3v) is 3.94. The lowest BCUT2D eigenvalue weighted by Gasteiger charge is -2.14. The van der Waals surface area contributed by atoms with E-state index in [0.29, 0.717) is 24.0 Å². The van der Waals surface area contributed by atoms with Crippen molar-refractivity contribution in [2.24, 2.45) is 13.0 Å². The van der Waals surface area contributed by atoms with Gasteiger partial charge in [-0.2, -0.15) is 0 Å². The molecule has 5 nitrogen and oxygen atoms in total. The maximum atomic E-state index is 13.1. The minimum Gasteiger partial charge on any atom is -0.368 e. The Balaban J connectivity index is 1.72. The zero-order chi connectivity index (χ0) is 16.4. The molecule has 0 radical (unpaired) electrons. The lowest BCUT2D eigenvalue weighted by molar-refractivity contribution is -0.126. The van der Waals surface area contributed by atoms with E-state index in [2.05, 4.69) is 10.3 Å². The van der Waals surface area contributed by atoms with E-state index in [-0.39, 0.29) is 11.7 Å². The number of aromatic nitrogens is 2. The van der Waals surface area contributed by atoms with Crippen LogP contribution >= 0.6 is 0 Å². The summed E-state index contributed by atoms with van der Waals surface area (Å²) >= 11 is 0. The second kappa shape index (κ2) is 6.50. The highest BCUT2D eigenvalue weighted by Crippen LogP contribution is 2.29. The smallest absolute Gasteiger partial charge is 0.254 e. The number of benzene rings is 1. The minimum absolute atomic E-state index is 0.211. The van der Waals surface area contributed by atoms with Gasteiger partial charge in [-0.15, -0.1) is 0 Å². The van der Waals surface area contributed by atoms with Crippen molar-refractivity contribution in [3.05, 3.63) is 36.4 Å². The molecule has 1 saturated carbocycles. The standard InChI is InChI=1S/C17H20FN3O2/c1-11(23-9-12-3-4-12)17(22)20-16-15(19-10-21(16)2)13-5-7-14(18)8-6-13/h5-8,10-12H,3-4,9H2,1-2H3,(H,20,22)/t11-/m0/s1. The third-order valence-electron chi connectivity index (χ3n) is 3.94. The first-order valence-electron chi connectivity index (χ1n) is 7.74. The summed E-state index contributed by atoms with van der Waals surface area (Å²) in [7, 11) is 1.80. The Labute approximate surface area is 134 Å². The van der Waals surface area contributed by atoms with Crippen LogP contribution in [0.2, 0.25) is 0 Å². The van der Waals surface area contributed by atoms with E-state index in [1.165, 1.54) is 25.0 Å². The summed E-state index contributed by atoms with van der Waals surface area (Å²) in [6.07, 6.45) is 3.46. The average Bonchev–Trinajstić information content (AvgIpc) is 3.30. The molecule has 1 aliphatic carbocycles. The fraction of sp³-hybridized carbons (Fsp3) is 0.412. The Morgan fingerprint density at radius 3 is 2.78 bits per heavy atom. The van der Waals surface area contributed by atoms with Crippen molar-refractivity contribution in [3.8, 4) is 11.3 Å². The lowest BCUT2D eigenvalue weighted by Crippen LogP contribution is -2.29. The van der Waals surface area contributed by atoms with Gasteiger partial charge in [0.15, 0.2) is 0 Å². The van der Waals surface area contributed by atoms with E-state index in [1.807, 2.05) is 0 Å². The molecule has 0 saturated heterocycles. The molecule has 23 heavy (non-hydrogen) atoms. The van der Waals surface area contributed by atoms with E-state index in [9.17, 15) is 9.18 Å². The first-order valence-corrected chi connectivity index (χ1v) is 7.74. The summed E-state index contributed by atoms with van der Waals surface area (Å²) in [5.41, 5.74) is 1.35. The van der Waals surface area contributed by atoms with Crippen molar-refractivity contribution in [1.82, 2.24) is 9.55 Å². The number of carbonyl (C=O) groups excluding carboxylic acids is 1. The number of hydrogen-bond donors (Lipinski definition) is 1. The average molecular weight is 317 g/mol. The number of nitrogens with one attached hydrogen (secondary N) is 1. The molecular formula is C17H20FN3O2. The largest absolute Gasteiger partial charge is 0.368 e. The number of anilines is 1. The molecule has 6 heteroatoms. The van der Waals surface area contributed by atoms with Crippen molar-refractivity contribution < 1.29 is 13.9 Å². The lowest BCUT2D eigenvalue weighted by atomic mass is 10.1. The second-order valence-corrected chi connectivity index (χ2v) is 5.97. The van der Waals surface area contributed by atoms with Crippen LogP contribution < -0.4 is 5.32 Å². The van der Waals surface area contributed by atoms with Gasteiger partial charge < -0.3 is 14.6 Å². The molecule has 1 amide bonds. The van der Waals surface area contributed by atoms with Crippen LogP contribution in [0.15, 0.2) is 30.6 Å². The van der Waals surface area contributed by atoms with Crippen LogP contribution in [0.1, 0.15) is 19.8 Å². The van der Waals surface area contributed by atoms with Crippen molar-refractivity contribution in [1.29, 1.82) is 0 Å². The van der Waals surface area contributed by atoms with Gasteiger partial charge in [0.05, 0.1) is 12.9 Å². The van der Waals surface area contributed by atoms with Gasteiger partial charge in [-0.1, -0.05) is 0 Å². The predicted octanol–water partition coefficient (Wildman–Crippen LogP) is 2.98. The van der Waals surface area contributed by atoms with E-state index in [4.69, 9.17) is 4.74 Å². The molecule has 1 heterocycles. The highest BCUT2D eigenvalue weighted by Gasteiger charge is 2.25. The molecule has 2 aromatic rings. The minimum atomic E-state index is -0.522. The molecule has 1 aromatic heterocycles. The second-order valence-electron chi connectivity index (χ2n) is 5.97. The van der Waals surface area contributed by atoms with Crippen LogP contribution in [-0.4, -0.2) is 28.2 Å². The van der Waals surface area contributed by atoms with E-state index < -0.39 is 6.10 Å². The van der Waals surface area contributed by atoms with Crippen LogP contribution in [0, 0.1) is 11.7 Å². The molecule has 1 atom stereocenters. The summed E-state index contributed by atoms with van der Waals surface area (Å²) < 4.78 is 20.4. The number of imidazole rings is 1. The Morgan fingerprint density at radius 1 is 1.43 bits per heavy atom. The molecule has 0 unspecified atom stereocenters. The third kappa shape index (κ3) is 3.76. The Morgan fingerprint density at radius 2 is 2.13 bits per heavy atom. The molecule has 3 rings (SSSR count). The fourth-order valence-electron chi connectivity index (χ4n) is 2.26. The van der Waals surface area contributed by atoms with Gasteiger partial charge in [-0.05, 0) is 49.9 Å². The van der Waals surface area contributed by atoms with Crippen LogP contribution in [-0.2, 0) is 16.6 Å². The summed E-state index contributed by atoms with van der Waals surface area (Å²) in [5, 5.41) is 2.86. The number of aryl methyl sites for hydroxylation is 1. The topological polar surface area (TPSA) is 56.1 Å². The summed E-state index contributed by atoms with van der Waals surface area (Å²) in [6.45, 7) is 2.37. The maximum absolute atomic E-state index is 13.1. The molecule has 1 aliphatic rings. The summed E-state index contributed by atoms with van der Waals surface area (Å²) in [6, 6.07) is 6.02. The van der Waals surface area contributed by atoms with Crippen LogP contribution in [0.4, 0.5) is 10.2 Å². The van der Waals surface area contributed by atoms with Crippen molar-refractivity contribution in [2.75, 3.05) is 11.9 Å². The van der Waals surface area contributed by atoms with Gasteiger partial charge in [-0.3, -0.25) is 4.79 Å². The summed E-state index contributed by atoms with van der Waals surface area (Å²) in [5.74, 6) is 0.662. The van der Waals surface area contributed by atoms with E-state index in [0.717, 1.165) is 5.56 Å². The monoisotopic (exact) mass is 317 g/mol. The van der Waals surface area contributed by atoms with Crippen LogP contribution in [0.25, 0.3) is 11.3 Å². The number of amides is 1. The number of halogens is 1. The number of nitrogens with zero attached hydrogens (tertiary/aromatic N) is 2. The molecule has 1 aromatic carbocycles. The number of rotatable bonds is 6. The molecule has 0 aliphatic heterocycles. The van der Waals surface area contributed by atoms with Crippen molar-refractivity contribution in [3.63, 3.8) is 0 Å². The highest BCUT2D eigenvalue weighted by molar-refractivity contribution is 5.96. The zero-order valence-electron chi connectivity index (χ0n) is 13.3. The predicted molar refractivity (Wildman–Crippen MR) is 85.4 cm³/mol. The van der Waals surface area contributed by atoms with Gasteiger partial charge in [-0.25, -0.2) is 9.37 Å². The SMILES string of the molecule is C[C@H](OCC1CC1)C(=O)Nc1c(-c2ccc(F)cc2)ncn1C. The van der Waals surface area contributed by atoms with Gasteiger partial charge in [0.25, 0.3) is 5.91 Å². The number of ether oxygens (including phenoxy) is 1. The van der Waals surface area contributed by atoms with Gasteiger partial charge in [0, 0.05) is 12.6 Å². The molecule has 0 spiro atoms. The molecular weight excluding hydrogens is 297 g/mol. The molecule has 122 valence electrons. The Hall–Kier alpha value is -2.21. The molecule has 1 N–H and O–H groups in total. The maximum Gasteiger partial charge on any atom is 0.254 e. The zero-order valence-corrected chi connectivity index (χ0v) is 13.3. The van der Waals surface area contributed by atoms with E-state index >= 15 is 0 Å². The number of hydrogen-bond acceptors (Lipinski definition) is 3.